The summed E-state index contributed by atoms with van der Waals surface area (Å²) < 4.78 is 34.9. The molecule has 0 radical (unpaired) electrons. The van der Waals surface area contributed by atoms with Crippen LogP contribution in [0.25, 0.3) is 0 Å². The highest BCUT2D eigenvalue weighted by Crippen LogP contribution is 2.33. The van der Waals surface area contributed by atoms with Gasteiger partial charge in [-0.2, -0.15) is 0 Å². The van der Waals surface area contributed by atoms with Gasteiger partial charge in [-0.3, -0.25) is 13.9 Å². The number of hydrogen-bond acceptors (Lipinski definition) is 5. The molecule has 0 aliphatic carbocycles. The van der Waals surface area contributed by atoms with Crippen LogP contribution in [-0.4, -0.2) is 50.9 Å². The van der Waals surface area contributed by atoms with E-state index in [0.717, 1.165) is 4.31 Å². The summed E-state index contributed by atoms with van der Waals surface area (Å²) in [6.45, 7) is 5.60. The number of benzene rings is 3. The predicted molar refractivity (Wildman–Crippen MR) is 168 cm³/mol. The van der Waals surface area contributed by atoms with Gasteiger partial charge in [-0.25, -0.2) is 8.42 Å². The van der Waals surface area contributed by atoms with E-state index < -0.39 is 28.5 Å². The summed E-state index contributed by atoms with van der Waals surface area (Å²) in [6.07, 6.45) is 1.01. The van der Waals surface area contributed by atoms with E-state index in [1.165, 1.54) is 29.2 Å². The largest absolute Gasteiger partial charge is 0.492 e. The summed E-state index contributed by atoms with van der Waals surface area (Å²) in [6, 6.07) is 16.3. The summed E-state index contributed by atoms with van der Waals surface area (Å²) in [4.78, 5) is 28.7. The van der Waals surface area contributed by atoms with Crippen molar-refractivity contribution >= 4 is 62.3 Å². The number of carbonyl (C=O) groups excluding carboxylic acids is 2. The lowest BCUT2D eigenvalue weighted by atomic mass is 10.1. The van der Waals surface area contributed by atoms with Crippen LogP contribution in [0.2, 0.25) is 15.1 Å². The number of amides is 2. The van der Waals surface area contributed by atoms with Gasteiger partial charge in [-0.05, 0) is 73.9 Å². The van der Waals surface area contributed by atoms with Gasteiger partial charge in [0.05, 0.1) is 27.2 Å². The Hall–Kier alpha value is -2.98. The summed E-state index contributed by atoms with van der Waals surface area (Å²) in [7, 11) is -4.28. The molecule has 0 aromatic heterocycles. The SMILES string of the molecule is CCCNC(=O)[C@@H](CC)N(Cc1ccc(Cl)c(Cl)c1)C(=O)CN(c1ccccc1OCC)S(=O)(=O)c1ccc(Cl)cc1. The van der Waals surface area contributed by atoms with Crippen LogP contribution in [0.5, 0.6) is 5.75 Å². The topological polar surface area (TPSA) is 96.0 Å². The molecule has 0 bridgehead atoms. The molecule has 3 aromatic carbocycles. The van der Waals surface area contributed by atoms with E-state index in [1.54, 1.807) is 56.3 Å². The normalized spacial score (nSPS) is 12.0. The maximum Gasteiger partial charge on any atom is 0.264 e. The summed E-state index contributed by atoms with van der Waals surface area (Å²) in [5, 5.41) is 3.86. The Balaban J connectivity index is 2.11. The van der Waals surface area contributed by atoms with Crippen molar-refractivity contribution in [2.24, 2.45) is 0 Å². The molecule has 226 valence electrons. The molecule has 0 unspecified atom stereocenters. The molecule has 0 spiro atoms. The van der Waals surface area contributed by atoms with Crippen LogP contribution in [0, 0.1) is 0 Å². The van der Waals surface area contributed by atoms with Gasteiger partial charge in [0.1, 0.15) is 18.3 Å². The van der Waals surface area contributed by atoms with Crippen LogP contribution >= 0.6 is 34.8 Å². The van der Waals surface area contributed by atoms with E-state index in [9.17, 15) is 18.0 Å². The minimum absolute atomic E-state index is 0.00425. The second-order valence-electron chi connectivity index (χ2n) is 9.35. The highest BCUT2D eigenvalue weighted by molar-refractivity contribution is 7.92. The Bertz CT molecular complexity index is 1490. The van der Waals surface area contributed by atoms with Crippen LogP contribution in [0.15, 0.2) is 71.6 Å². The Morgan fingerprint density at radius 2 is 1.62 bits per heavy atom. The van der Waals surface area contributed by atoms with E-state index in [4.69, 9.17) is 39.5 Å². The van der Waals surface area contributed by atoms with Gasteiger partial charge in [0, 0.05) is 18.1 Å². The fraction of sp³-hybridized carbons (Fsp3) is 0.333. The molecular formula is C30H34Cl3N3O5S. The fourth-order valence-electron chi connectivity index (χ4n) is 4.31. The predicted octanol–water partition coefficient (Wildman–Crippen LogP) is 6.57. The molecule has 1 N–H and O–H groups in total. The number of nitrogens with one attached hydrogen (secondary N) is 1. The summed E-state index contributed by atoms with van der Waals surface area (Å²) >= 11 is 18.4. The van der Waals surface area contributed by atoms with Gasteiger partial charge in [-0.1, -0.05) is 66.8 Å². The van der Waals surface area contributed by atoms with Gasteiger partial charge in [0.15, 0.2) is 0 Å². The molecule has 0 saturated heterocycles. The smallest absolute Gasteiger partial charge is 0.264 e. The van der Waals surface area contributed by atoms with Crippen molar-refractivity contribution in [3.05, 3.63) is 87.4 Å². The first-order valence-electron chi connectivity index (χ1n) is 13.5. The highest BCUT2D eigenvalue weighted by Gasteiger charge is 2.34. The molecular weight excluding hydrogens is 621 g/mol. The van der Waals surface area contributed by atoms with Crippen molar-refractivity contribution in [1.82, 2.24) is 10.2 Å². The van der Waals surface area contributed by atoms with E-state index >= 15 is 0 Å². The average molecular weight is 655 g/mol. The third kappa shape index (κ3) is 8.31. The van der Waals surface area contributed by atoms with Crippen molar-refractivity contribution in [1.29, 1.82) is 0 Å². The van der Waals surface area contributed by atoms with Gasteiger partial charge in [-0.15, -0.1) is 0 Å². The lowest BCUT2D eigenvalue weighted by molar-refractivity contribution is -0.140. The Morgan fingerprint density at radius 1 is 0.929 bits per heavy atom. The van der Waals surface area contributed by atoms with Gasteiger partial charge in [0.25, 0.3) is 10.0 Å². The zero-order valence-electron chi connectivity index (χ0n) is 23.6. The van der Waals surface area contributed by atoms with Crippen molar-refractivity contribution < 1.29 is 22.7 Å². The van der Waals surface area contributed by atoms with Crippen LogP contribution in [-0.2, 0) is 26.2 Å². The van der Waals surface area contributed by atoms with E-state index in [1.807, 2.05) is 6.92 Å². The van der Waals surface area contributed by atoms with Crippen molar-refractivity contribution in [3.8, 4) is 5.75 Å². The van der Waals surface area contributed by atoms with Crippen molar-refractivity contribution in [2.45, 2.75) is 51.1 Å². The van der Waals surface area contributed by atoms with Gasteiger partial charge in [0.2, 0.25) is 11.8 Å². The fourth-order valence-corrected chi connectivity index (χ4v) is 6.18. The van der Waals surface area contributed by atoms with Crippen molar-refractivity contribution in [2.75, 3.05) is 24.0 Å². The monoisotopic (exact) mass is 653 g/mol. The zero-order chi connectivity index (χ0) is 30.9. The number of hydrogen-bond donors (Lipinski definition) is 1. The molecule has 0 aliphatic rings. The first-order valence-corrected chi connectivity index (χ1v) is 16.1. The van der Waals surface area contributed by atoms with Crippen LogP contribution in [0.1, 0.15) is 39.2 Å². The van der Waals surface area contributed by atoms with Crippen LogP contribution in [0.4, 0.5) is 5.69 Å². The second-order valence-corrected chi connectivity index (χ2v) is 12.5. The zero-order valence-corrected chi connectivity index (χ0v) is 26.7. The second kappa shape index (κ2) is 15.5. The Morgan fingerprint density at radius 3 is 2.24 bits per heavy atom. The number of ether oxygens (including phenoxy) is 1. The number of sulfonamides is 1. The summed E-state index contributed by atoms with van der Waals surface area (Å²) in [5.41, 5.74) is 0.807. The molecule has 3 aromatic rings. The lowest BCUT2D eigenvalue weighted by Crippen LogP contribution is -2.52. The maximum atomic E-state index is 14.2. The molecule has 2 amide bonds. The molecule has 3 rings (SSSR count). The first-order chi connectivity index (χ1) is 20.0. The molecule has 8 nitrogen and oxygen atoms in total. The van der Waals surface area contributed by atoms with Gasteiger partial charge >= 0.3 is 0 Å². The van der Waals surface area contributed by atoms with Gasteiger partial charge < -0.3 is 15.0 Å². The number of halogens is 3. The molecule has 0 saturated carbocycles. The number of rotatable bonds is 14. The molecule has 0 fully saturated rings. The molecule has 0 heterocycles. The number of anilines is 1. The van der Waals surface area contributed by atoms with E-state index in [0.29, 0.717) is 40.0 Å². The Labute approximate surface area is 262 Å². The minimum Gasteiger partial charge on any atom is -0.492 e. The molecule has 1 atom stereocenters. The average Bonchev–Trinajstić information content (AvgIpc) is 2.97. The van der Waals surface area contributed by atoms with Crippen LogP contribution in [0.3, 0.4) is 0 Å². The quantitative estimate of drug-likeness (QED) is 0.212. The lowest BCUT2D eigenvalue weighted by Gasteiger charge is -2.33. The molecule has 12 heteroatoms. The minimum atomic E-state index is -4.28. The Kier molecular flexibility index (Phi) is 12.4. The van der Waals surface area contributed by atoms with Crippen molar-refractivity contribution in [3.63, 3.8) is 0 Å². The molecule has 42 heavy (non-hydrogen) atoms. The van der Waals surface area contributed by atoms with Crippen LogP contribution < -0.4 is 14.4 Å². The third-order valence-electron chi connectivity index (χ3n) is 6.39. The summed E-state index contributed by atoms with van der Waals surface area (Å²) in [5.74, 6) is -0.646. The first kappa shape index (κ1) is 33.5. The standard InChI is InChI=1S/C30H34Cl3N3O5S/c1-4-17-34-30(38)26(5-2)35(19-21-11-16-24(32)25(33)18-21)29(37)20-36(27-9-7-8-10-28(27)41-6-3)42(39,40)23-14-12-22(31)13-15-23/h7-16,18,26H,4-6,17,19-20H2,1-3H3,(H,34,38)/t26-/m1/s1. The highest BCUT2D eigenvalue weighted by atomic mass is 35.5. The number of nitrogens with zero attached hydrogens (tertiary/aromatic N) is 2. The third-order valence-corrected chi connectivity index (χ3v) is 9.15. The van der Waals surface area contributed by atoms with E-state index in [-0.39, 0.29) is 35.4 Å². The van der Waals surface area contributed by atoms with E-state index in [2.05, 4.69) is 5.32 Å². The molecule has 0 aliphatic heterocycles. The number of para-hydroxylation sites is 2. The number of carbonyl (C=O) groups is 2. The maximum absolute atomic E-state index is 14.2.